The molecule has 4 N–H and O–H groups in total. The Kier molecular flexibility index (Phi) is 68.8. The summed E-state index contributed by atoms with van der Waals surface area (Å²) in [6, 6.07) is 0. The van der Waals surface area contributed by atoms with Crippen LogP contribution >= 0.6 is 15.6 Å². The average Bonchev–Trinajstić information content (AvgIpc) is 1.63. The van der Waals surface area contributed by atoms with Crippen LogP contribution in [0.2, 0.25) is 0 Å². The van der Waals surface area contributed by atoms with Crippen LogP contribution in [-0.4, -0.2) is 95.9 Å². The van der Waals surface area contributed by atoms with Gasteiger partial charge in [-0.1, -0.05) is 296 Å². The number of phosphoric acid groups is 2. The number of allylic oxidation sites excluding steroid dienone is 20. The fourth-order valence-electron chi connectivity index (χ4n) is 9.98. The van der Waals surface area contributed by atoms with Crippen LogP contribution in [0.3, 0.4) is 0 Å². The predicted molar refractivity (Wildman–Crippen MR) is 399 cm³/mol. The number of phosphoric ester groups is 2. The fourth-order valence-corrected chi connectivity index (χ4v) is 11.6. The first kappa shape index (κ1) is 93.0. The maximum Gasteiger partial charge on any atom is 0.472 e. The molecule has 0 bridgehead atoms. The topological polar surface area (TPSA) is 231 Å². The molecule has 0 saturated heterocycles. The highest BCUT2D eigenvalue weighted by molar-refractivity contribution is 7.47. The molecule has 0 aromatic rings. The maximum atomic E-state index is 12.9. The quantitative estimate of drug-likeness (QED) is 0.0146. The summed E-state index contributed by atoms with van der Waals surface area (Å²) in [5.41, 5.74) is 0. The molecule has 5 atom stereocenters. The van der Waals surface area contributed by atoms with Crippen LogP contribution in [0.1, 0.15) is 303 Å². The summed E-state index contributed by atoms with van der Waals surface area (Å²) in [5.74, 6) is -1.59. The highest BCUT2D eigenvalue weighted by Crippen LogP contribution is 2.45. The van der Waals surface area contributed by atoms with Crippen molar-refractivity contribution >= 4 is 33.6 Å². The van der Waals surface area contributed by atoms with Gasteiger partial charge in [0.2, 0.25) is 0 Å². The molecule has 558 valence electrons. The Hall–Kier alpha value is -4.05. The third kappa shape index (κ3) is 73.0. The lowest BCUT2D eigenvalue weighted by Crippen LogP contribution is -2.30. The number of rotatable bonds is 71. The van der Waals surface area contributed by atoms with E-state index < -0.39 is 91.5 Å². The van der Waals surface area contributed by atoms with E-state index in [1.807, 2.05) is 0 Å². The highest BCUT2D eigenvalue weighted by Gasteiger charge is 2.29. The van der Waals surface area contributed by atoms with Gasteiger partial charge in [-0.25, -0.2) is 9.13 Å². The molecule has 0 radical (unpaired) electrons. The van der Waals surface area contributed by atoms with E-state index in [0.29, 0.717) is 19.3 Å². The summed E-state index contributed by atoms with van der Waals surface area (Å²) in [5, 5.41) is 20.6. The number of ether oxygens (including phenoxy) is 3. The van der Waals surface area contributed by atoms with Crippen molar-refractivity contribution in [3.05, 3.63) is 122 Å². The molecule has 0 spiro atoms. The van der Waals surface area contributed by atoms with E-state index in [-0.39, 0.29) is 19.3 Å². The second-order valence-electron chi connectivity index (χ2n) is 25.0. The van der Waals surface area contributed by atoms with Crippen LogP contribution in [0, 0.1) is 0 Å². The summed E-state index contributed by atoms with van der Waals surface area (Å²) in [7, 11) is -9.79. The summed E-state index contributed by atoms with van der Waals surface area (Å²) in [6.45, 7) is 2.44. The van der Waals surface area contributed by atoms with Gasteiger partial charge in [0.15, 0.2) is 6.10 Å². The SMILES string of the molecule is CC/C=C\C/C=C\C/C=C\C/C=C\C/C=C\CCCCCCCCCCCCCC(=O)OCC(O)COP(=O)(O)OCC(O)COP(=O)(O)OCC(COC(=O)CCCCCCC/C=C\C/C=C\C/C=C\C/C=C\C/C=C\CC)OC(=O)CCCCCCCCCCCCCCC. The third-order valence-corrected chi connectivity index (χ3v) is 17.6. The van der Waals surface area contributed by atoms with E-state index in [1.54, 1.807) is 0 Å². The summed E-state index contributed by atoms with van der Waals surface area (Å²) >= 11 is 0. The van der Waals surface area contributed by atoms with Crippen LogP contribution in [-0.2, 0) is 55.8 Å². The van der Waals surface area contributed by atoms with Crippen molar-refractivity contribution in [3.8, 4) is 0 Å². The molecule has 97 heavy (non-hydrogen) atoms. The molecule has 0 saturated carbocycles. The number of hydrogen-bond donors (Lipinski definition) is 4. The minimum Gasteiger partial charge on any atom is -0.463 e. The van der Waals surface area contributed by atoms with Gasteiger partial charge in [0, 0.05) is 19.3 Å². The Balaban J connectivity index is 4.54. The lowest BCUT2D eigenvalue weighted by atomic mass is 10.0. The Morgan fingerprint density at radius 3 is 0.866 bits per heavy atom. The summed E-state index contributed by atoms with van der Waals surface area (Å²) < 4.78 is 61.0. The smallest absolute Gasteiger partial charge is 0.463 e. The van der Waals surface area contributed by atoms with Crippen LogP contribution in [0.4, 0.5) is 0 Å². The van der Waals surface area contributed by atoms with Crippen molar-refractivity contribution in [2.75, 3.05) is 39.6 Å². The monoisotopic (exact) mass is 1400 g/mol. The molecule has 0 aromatic heterocycles. The van der Waals surface area contributed by atoms with Gasteiger partial charge in [-0.05, 0) is 109 Å². The van der Waals surface area contributed by atoms with Gasteiger partial charge in [-0.2, -0.15) is 0 Å². The third-order valence-electron chi connectivity index (χ3n) is 15.7. The van der Waals surface area contributed by atoms with E-state index in [4.69, 9.17) is 32.3 Å². The molecular weight excluding hydrogens is 1270 g/mol. The minimum atomic E-state index is -4.93. The zero-order chi connectivity index (χ0) is 70.9. The van der Waals surface area contributed by atoms with E-state index in [2.05, 4.69) is 142 Å². The molecular formula is C79H136O16P2. The molecule has 0 fully saturated rings. The molecule has 16 nitrogen and oxygen atoms in total. The fraction of sp³-hybridized carbons (Fsp3) is 0.709. The van der Waals surface area contributed by atoms with Crippen molar-refractivity contribution in [2.45, 2.75) is 322 Å². The van der Waals surface area contributed by atoms with Crippen LogP contribution in [0.15, 0.2) is 122 Å². The number of carbonyl (C=O) groups excluding carboxylic acids is 3. The number of carbonyl (C=O) groups is 3. The number of aliphatic hydroxyl groups is 2. The maximum absolute atomic E-state index is 12.9. The van der Waals surface area contributed by atoms with Gasteiger partial charge in [-0.15, -0.1) is 0 Å². The Morgan fingerprint density at radius 2 is 0.546 bits per heavy atom. The van der Waals surface area contributed by atoms with Crippen molar-refractivity contribution in [1.29, 1.82) is 0 Å². The van der Waals surface area contributed by atoms with Gasteiger partial charge in [0.05, 0.1) is 26.4 Å². The number of unbranched alkanes of at least 4 members (excludes halogenated alkanes) is 28. The van der Waals surface area contributed by atoms with Crippen LogP contribution in [0.5, 0.6) is 0 Å². The molecule has 5 unspecified atom stereocenters. The molecule has 0 amide bonds. The lowest BCUT2D eigenvalue weighted by Gasteiger charge is -2.21. The second kappa shape index (κ2) is 71.8. The van der Waals surface area contributed by atoms with E-state index in [9.17, 15) is 43.5 Å². The van der Waals surface area contributed by atoms with Crippen LogP contribution < -0.4 is 0 Å². The molecule has 0 aliphatic carbocycles. The predicted octanol–water partition coefficient (Wildman–Crippen LogP) is 21.8. The average molecular weight is 1400 g/mol. The molecule has 0 aliphatic rings. The summed E-state index contributed by atoms with van der Waals surface area (Å²) in [4.78, 5) is 58.5. The van der Waals surface area contributed by atoms with E-state index in [1.165, 1.54) is 96.3 Å². The normalized spacial score (nSPS) is 14.8. The molecule has 0 heterocycles. The first-order chi connectivity index (χ1) is 47.2. The van der Waals surface area contributed by atoms with Gasteiger partial charge in [0.25, 0.3) is 0 Å². The second-order valence-corrected chi connectivity index (χ2v) is 28.0. The number of hydrogen-bond acceptors (Lipinski definition) is 14. The highest BCUT2D eigenvalue weighted by atomic mass is 31.2. The largest absolute Gasteiger partial charge is 0.472 e. The molecule has 0 aromatic carbocycles. The van der Waals surface area contributed by atoms with Gasteiger partial charge in [-0.3, -0.25) is 32.5 Å². The van der Waals surface area contributed by atoms with E-state index >= 15 is 0 Å². The van der Waals surface area contributed by atoms with Gasteiger partial charge >= 0.3 is 33.6 Å². The molecule has 0 rings (SSSR count). The Bertz CT molecular complexity index is 2250. The number of esters is 3. The zero-order valence-electron chi connectivity index (χ0n) is 60.7. The Morgan fingerprint density at radius 1 is 0.299 bits per heavy atom. The summed E-state index contributed by atoms with van der Waals surface area (Å²) in [6.07, 6.45) is 83.9. The van der Waals surface area contributed by atoms with Gasteiger partial charge in [0.1, 0.15) is 25.4 Å². The molecule has 0 aliphatic heterocycles. The standard InChI is InChI=1S/C79H136O16P2/c1-4-7-10-13-16-19-22-25-27-29-31-33-34-35-36-37-38-40-42-43-45-48-50-53-56-59-62-65-77(82)89-68-74(80)69-91-96(85,86)92-70-75(81)71-93-97(87,88)94-73-76(95-79(84)67-64-61-58-55-52-47-24-21-18-15-12-9-6-3)72-90-78(83)66-63-60-57-54-51-49-46-44-41-39-32-30-28-26-23-20-17-14-11-8-5-2/h7-8,10-11,16-17,19-20,25-28,31-33,35-36,39,44,46,74-76,80-81H,4-6,9,12-15,18,21-24,29-30,34,37-38,40-43,45,47-73H2,1-3H3,(H,85,86)(H,87,88)/b10-7-,11-8-,19-16-,20-17-,27-25-,28-26-,33-31-,36-35-,39-32-,46-44-. The first-order valence-corrected chi connectivity index (χ1v) is 40.8. The molecule has 18 heteroatoms. The van der Waals surface area contributed by atoms with Crippen molar-refractivity contribution in [1.82, 2.24) is 0 Å². The minimum absolute atomic E-state index is 0.101. The zero-order valence-corrected chi connectivity index (χ0v) is 62.5. The van der Waals surface area contributed by atoms with Crippen molar-refractivity contribution < 1.29 is 75.8 Å². The lowest BCUT2D eigenvalue weighted by molar-refractivity contribution is -0.161. The number of aliphatic hydroxyl groups excluding tert-OH is 2. The van der Waals surface area contributed by atoms with E-state index in [0.717, 1.165) is 148 Å². The van der Waals surface area contributed by atoms with Crippen LogP contribution in [0.25, 0.3) is 0 Å². The van der Waals surface area contributed by atoms with Gasteiger partial charge < -0.3 is 34.2 Å². The van der Waals surface area contributed by atoms with Crippen molar-refractivity contribution in [2.24, 2.45) is 0 Å². The first-order valence-electron chi connectivity index (χ1n) is 37.8. The van der Waals surface area contributed by atoms with Crippen molar-refractivity contribution in [3.63, 3.8) is 0 Å². The Labute approximate surface area is 589 Å².